The molecule has 0 heterocycles. The zero-order chi connectivity index (χ0) is 15.4. The largest absolute Gasteiger partial charge is 0.573 e. The number of halogens is 3. The van der Waals surface area contributed by atoms with Gasteiger partial charge in [0.2, 0.25) is 10.0 Å². The van der Waals surface area contributed by atoms with Gasteiger partial charge in [-0.25, -0.2) is 8.42 Å². The van der Waals surface area contributed by atoms with Gasteiger partial charge in [0, 0.05) is 6.54 Å². The van der Waals surface area contributed by atoms with Crippen LogP contribution in [0.2, 0.25) is 0 Å². The maximum absolute atomic E-state index is 12.2. The molecule has 1 aromatic rings. The van der Waals surface area contributed by atoms with E-state index in [-0.39, 0.29) is 18.7 Å². The van der Waals surface area contributed by atoms with E-state index in [1.165, 1.54) is 18.2 Å². The van der Waals surface area contributed by atoms with Crippen molar-refractivity contribution >= 4 is 15.7 Å². The Bertz CT molecular complexity index is 542. The van der Waals surface area contributed by atoms with Crippen molar-refractivity contribution in [2.45, 2.75) is 25.0 Å². The fourth-order valence-corrected chi connectivity index (χ4v) is 2.85. The summed E-state index contributed by atoms with van der Waals surface area (Å²) in [5, 5.41) is -0.888. The van der Waals surface area contributed by atoms with Crippen LogP contribution in [0.3, 0.4) is 0 Å². The third-order valence-corrected chi connectivity index (χ3v) is 4.43. The van der Waals surface area contributed by atoms with Gasteiger partial charge in [0.15, 0.2) is 5.75 Å². The molecule has 0 saturated heterocycles. The minimum Gasteiger partial charge on any atom is -0.404 e. The predicted octanol–water partition coefficient (Wildman–Crippen LogP) is 2.06. The van der Waals surface area contributed by atoms with Gasteiger partial charge in [0.25, 0.3) is 0 Å². The molecule has 0 radical (unpaired) electrons. The lowest BCUT2D eigenvalue weighted by Gasteiger charge is -2.18. The highest BCUT2D eigenvalue weighted by molar-refractivity contribution is 7.93. The van der Waals surface area contributed by atoms with Crippen molar-refractivity contribution < 1.29 is 26.3 Å². The van der Waals surface area contributed by atoms with Crippen LogP contribution in [-0.2, 0) is 10.0 Å². The number of anilines is 1. The minimum atomic E-state index is -4.90. The average molecular weight is 312 g/mol. The van der Waals surface area contributed by atoms with Crippen LogP contribution in [0.15, 0.2) is 24.3 Å². The number of benzene rings is 1. The van der Waals surface area contributed by atoms with Crippen molar-refractivity contribution in [2.24, 2.45) is 5.73 Å². The third-order valence-electron chi connectivity index (χ3n) is 2.52. The molecule has 0 fully saturated rings. The standard InChI is InChI=1S/C11H15F3N2O3S/c1-2-8(7-15)20(17,18)16-9-5-3-4-6-10(9)19-11(12,13)14/h3-6,8,16H,2,7,15H2,1H3. The van der Waals surface area contributed by atoms with E-state index in [2.05, 4.69) is 9.46 Å². The van der Waals surface area contributed by atoms with E-state index in [1.54, 1.807) is 6.92 Å². The predicted molar refractivity (Wildman–Crippen MR) is 68.8 cm³/mol. The number of alkyl halides is 3. The van der Waals surface area contributed by atoms with Crippen LogP contribution in [0.4, 0.5) is 18.9 Å². The number of hydrogen-bond donors (Lipinski definition) is 2. The summed E-state index contributed by atoms with van der Waals surface area (Å²) in [4.78, 5) is 0. The molecule has 0 aliphatic heterocycles. The number of rotatable bonds is 6. The van der Waals surface area contributed by atoms with Crippen LogP contribution in [-0.4, -0.2) is 26.6 Å². The molecule has 3 N–H and O–H groups in total. The van der Waals surface area contributed by atoms with E-state index in [0.29, 0.717) is 0 Å². The molecule has 0 aliphatic carbocycles. The van der Waals surface area contributed by atoms with Gasteiger partial charge >= 0.3 is 6.36 Å². The Morgan fingerprint density at radius 1 is 1.35 bits per heavy atom. The summed E-state index contributed by atoms with van der Waals surface area (Å²) in [6, 6.07) is 4.90. The van der Waals surface area contributed by atoms with Gasteiger partial charge in [-0.2, -0.15) is 0 Å². The van der Waals surface area contributed by atoms with Crippen LogP contribution >= 0.6 is 0 Å². The van der Waals surface area contributed by atoms with Crippen molar-refractivity contribution in [2.75, 3.05) is 11.3 Å². The first-order valence-electron chi connectivity index (χ1n) is 5.76. The molecule has 1 aromatic carbocycles. The van der Waals surface area contributed by atoms with Gasteiger partial charge in [0.1, 0.15) is 0 Å². The topological polar surface area (TPSA) is 81.4 Å². The fraction of sp³-hybridized carbons (Fsp3) is 0.455. The summed E-state index contributed by atoms with van der Waals surface area (Å²) in [5.74, 6) is -0.615. The highest BCUT2D eigenvalue weighted by Gasteiger charge is 2.33. The Morgan fingerprint density at radius 2 is 1.95 bits per heavy atom. The van der Waals surface area contributed by atoms with E-state index in [4.69, 9.17) is 5.73 Å². The molecular formula is C11H15F3N2O3S. The number of para-hydroxylation sites is 2. The number of nitrogens with two attached hydrogens (primary N) is 1. The summed E-state index contributed by atoms with van der Waals surface area (Å²) < 4.78 is 66.4. The van der Waals surface area contributed by atoms with Gasteiger partial charge in [-0.1, -0.05) is 19.1 Å². The summed E-state index contributed by atoms with van der Waals surface area (Å²) >= 11 is 0. The summed E-state index contributed by atoms with van der Waals surface area (Å²) in [6.45, 7) is 1.49. The van der Waals surface area contributed by atoms with E-state index in [1.807, 2.05) is 0 Å². The molecule has 0 bridgehead atoms. The van der Waals surface area contributed by atoms with Crippen LogP contribution in [0.25, 0.3) is 0 Å². The molecule has 5 nitrogen and oxygen atoms in total. The van der Waals surface area contributed by atoms with Crippen molar-refractivity contribution in [3.05, 3.63) is 24.3 Å². The van der Waals surface area contributed by atoms with Gasteiger partial charge in [-0.05, 0) is 18.6 Å². The Kier molecular flexibility index (Phi) is 5.23. The smallest absolute Gasteiger partial charge is 0.404 e. The lowest BCUT2D eigenvalue weighted by atomic mass is 10.3. The third kappa shape index (κ3) is 4.57. The maximum atomic E-state index is 12.2. The molecule has 1 unspecified atom stereocenters. The van der Waals surface area contributed by atoms with Gasteiger partial charge in [0.05, 0.1) is 10.9 Å². The SMILES string of the molecule is CCC(CN)S(=O)(=O)Nc1ccccc1OC(F)(F)F. The Balaban J connectivity index is 3.04. The van der Waals surface area contributed by atoms with Crippen molar-refractivity contribution in [1.82, 2.24) is 0 Å². The monoisotopic (exact) mass is 312 g/mol. The van der Waals surface area contributed by atoms with Gasteiger partial charge < -0.3 is 10.5 Å². The molecule has 114 valence electrons. The molecule has 9 heteroatoms. The number of nitrogens with one attached hydrogen (secondary N) is 1. The fourth-order valence-electron chi connectivity index (χ4n) is 1.51. The first-order valence-corrected chi connectivity index (χ1v) is 7.30. The van der Waals surface area contributed by atoms with Crippen molar-refractivity contribution in [3.8, 4) is 5.75 Å². The highest BCUT2D eigenvalue weighted by atomic mass is 32.2. The molecule has 0 aromatic heterocycles. The Labute approximate surface area is 115 Å². The van der Waals surface area contributed by atoms with E-state index in [0.717, 1.165) is 6.07 Å². The van der Waals surface area contributed by atoms with Crippen molar-refractivity contribution in [1.29, 1.82) is 0 Å². The molecular weight excluding hydrogens is 297 g/mol. The molecule has 0 spiro atoms. The average Bonchev–Trinajstić information content (AvgIpc) is 2.30. The normalized spacial score (nSPS) is 13.8. The molecule has 0 saturated carbocycles. The second-order valence-electron chi connectivity index (χ2n) is 3.96. The molecule has 0 aliphatic rings. The van der Waals surface area contributed by atoms with Crippen LogP contribution in [0.5, 0.6) is 5.75 Å². The first kappa shape index (κ1) is 16.6. The lowest BCUT2D eigenvalue weighted by Crippen LogP contribution is -2.34. The quantitative estimate of drug-likeness (QED) is 0.842. The summed E-state index contributed by atoms with van der Waals surface area (Å²) in [6.07, 6.45) is -4.66. The minimum absolute atomic E-state index is 0.131. The van der Waals surface area contributed by atoms with Gasteiger partial charge in [-0.15, -0.1) is 13.2 Å². The number of sulfonamides is 1. The van der Waals surface area contributed by atoms with Crippen LogP contribution in [0.1, 0.15) is 13.3 Å². The van der Waals surface area contributed by atoms with Crippen LogP contribution in [0, 0.1) is 0 Å². The first-order chi connectivity index (χ1) is 9.19. The lowest BCUT2D eigenvalue weighted by molar-refractivity contribution is -0.274. The van der Waals surface area contributed by atoms with Crippen molar-refractivity contribution in [3.63, 3.8) is 0 Å². The van der Waals surface area contributed by atoms with E-state index < -0.39 is 27.4 Å². The Hall–Kier alpha value is -1.48. The maximum Gasteiger partial charge on any atom is 0.573 e. The number of hydrogen-bond acceptors (Lipinski definition) is 4. The molecule has 1 rings (SSSR count). The molecule has 0 amide bonds. The summed E-state index contributed by atoms with van der Waals surface area (Å²) in [5.41, 5.74) is 5.05. The van der Waals surface area contributed by atoms with E-state index in [9.17, 15) is 21.6 Å². The Morgan fingerprint density at radius 3 is 2.45 bits per heavy atom. The zero-order valence-electron chi connectivity index (χ0n) is 10.6. The van der Waals surface area contributed by atoms with Gasteiger partial charge in [-0.3, -0.25) is 4.72 Å². The van der Waals surface area contributed by atoms with E-state index >= 15 is 0 Å². The second-order valence-corrected chi connectivity index (χ2v) is 5.92. The van der Waals surface area contributed by atoms with Crippen LogP contribution < -0.4 is 15.2 Å². The number of ether oxygens (including phenoxy) is 1. The zero-order valence-corrected chi connectivity index (χ0v) is 11.5. The molecule has 1 atom stereocenters. The highest BCUT2D eigenvalue weighted by Crippen LogP contribution is 2.31. The summed E-state index contributed by atoms with van der Waals surface area (Å²) in [7, 11) is -3.88. The second kappa shape index (κ2) is 6.31. The molecule has 20 heavy (non-hydrogen) atoms.